The molecule has 0 heterocycles. The molecular weight excluding hydrogens is 519 g/mol. The predicted octanol–water partition coefficient (Wildman–Crippen LogP) is 5.09. The highest BCUT2D eigenvalue weighted by Crippen LogP contribution is 2.66. The Bertz CT molecular complexity index is 1200. The first kappa shape index (κ1) is 26.8. The van der Waals surface area contributed by atoms with E-state index in [0.29, 0.717) is 5.66 Å². The Labute approximate surface area is 229 Å². The summed E-state index contributed by atoms with van der Waals surface area (Å²) in [5, 5.41) is 4.34. The summed E-state index contributed by atoms with van der Waals surface area (Å²) >= 11 is 0. The molecule has 1 aliphatic carbocycles. The zero-order valence-electron chi connectivity index (χ0n) is 22.2. The standard InChI is InChI=1S/C34H38P.BrH/c1-26(27-21-22-31-32(25-27)34(4,5)24-23-33(31,2)3)35(28-15-9-6-10-16-28,29-17-11-7-12-18-29)30-19-13-8-14-20-30;/h6-22,25-26H,23-24H2,1-5H3;1H/q+1;/p-1. The molecule has 36 heavy (non-hydrogen) atoms. The Kier molecular flexibility index (Phi) is 7.66. The largest absolute Gasteiger partial charge is 1.00 e. The third-order valence-electron chi connectivity index (χ3n) is 8.43. The van der Waals surface area contributed by atoms with E-state index in [1.165, 1.54) is 39.9 Å². The van der Waals surface area contributed by atoms with Gasteiger partial charge in [-0.1, -0.05) is 100 Å². The van der Waals surface area contributed by atoms with Crippen molar-refractivity contribution in [3.8, 4) is 0 Å². The van der Waals surface area contributed by atoms with Gasteiger partial charge < -0.3 is 17.0 Å². The van der Waals surface area contributed by atoms with E-state index in [9.17, 15) is 0 Å². The molecule has 0 bridgehead atoms. The number of hydrogen-bond acceptors (Lipinski definition) is 0. The fourth-order valence-corrected chi connectivity index (χ4v) is 11.0. The molecule has 1 unspecified atom stereocenters. The fourth-order valence-electron chi connectivity index (χ4n) is 6.20. The highest BCUT2D eigenvalue weighted by Gasteiger charge is 2.51. The number of hydrogen-bond donors (Lipinski definition) is 0. The van der Waals surface area contributed by atoms with E-state index in [1.807, 2.05) is 0 Å². The van der Waals surface area contributed by atoms with Crippen molar-refractivity contribution in [3.05, 3.63) is 126 Å². The number of halogens is 1. The summed E-state index contributed by atoms with van der Waals surface area (Å²) in [7, 11) is -1.98. The quantitative estimate of drug-likeness (QED) is 0.300. The first-order valence-corrected chi connectivity index (χ1v) is 14.8. The van der Waals surface area contributed by atoms with E-state index in [0.717, 1.165) is 0 Å². The van der Waals surface area contributed by atoms with Gasteiger partial charge in [0.05, 0.1) is 0 Å². The summed E-state index contributed by atoms with van der Waals surface area (Å²) < 4.78 is 0. The molecule has 0 aliphatic heterocycles. The zero-order valence-corrected chi connectivity index (χ0v) is 24.7. The molecule has 1 aliphatic rings. The minimum absolute atomic E-state index is 0. The second kappa shape index (κ2) is 10.3. The highest BCUT2D eigenvalue weighted by atomic mass is 79.9. The topological polar surface area (TPSA) is 0 Å². The van der Waals surface area contributed by atoms with Crippen LogP contribution in [0.3, 0.4) is 0 Å². The summed E-state index contributed by atoms with van der Waals surface area (Å²) in [6.45, 7) is 12.2. The molecule has 2 heteroatoms. The van der Waals surface area contributed by atoms with Crippen LogP contribution in [0, 0.1) is 0 Å². The van der Waals surface area contributed by atoms with Crippen molar-refractivity contribution in [3.63, 3.8) is 0 Å². The van der Waals surface area contributed by atoms with Crippen LogP contribution in [0.2, 0.25) is 0 Å². The van der Waals surface area contributed by atoms with E-state index in [4.69, 9.17) is 0 Å². The van der Waals surface area contributed by atoms with E-state index < -0.39 is 7.26 Å². The van der Waals surface area contributed by atoms with Gasteiger partial charge in [0.2, 0.25) is 0 Å². The molecule has 5 rings (SSSR count). The van der Waals surface area contributed by atoms with Crippen molar-refractivity contribution in [2.75, 3.05) is 0 Å². The van der Waals surface area contributed by atoms with Crippen LogP contribution in [0.5, 0.6) is 0 Å². The van der Waals surface area contributed by atoms with E-state index in [-0.39, 0.29) is 27.8 Å². The van der Waals surface area contributed by atoms with E-state index in [2.05, 4.69) is 144 Å². The summed E-state index contributed by atoms with van der Waals surface area (Å²) in [4.78, 5) is 0. The van der Waals surface area contributed by atoms with Gasteiger partial charge in [0, 0.05) is 0 Å². The van der Waals surface area contributed by atoms with Crippen molar-refractivity contribution in [1.29, 1.82) is 0 Å². The van der Waals surface area contributed by atoms with E-state index >= 15 is 0 Å². The second-order valence-corrected chi connectivity index (χ2v) is 15.2. The van der Waals surface area contributed by atoms with Gasteiger partial charge in [-0.25, -0.2) is 0 Å². The van der Waals surface area contributed by atoms with Crippen LogP contribution in [-0.4, -0.2) is 0 Å². The first-order valence-electron chi connectivity index (χ1n) is 13.0. The molecule has 0 N–H and O–H groups in total. The summed E-state index contributed by atoms with van der Waals surface area (Å²) in [5.74, 6) is 0. The van der Waals surface area contributed by atoms with Crippen LogP contribution >= 0.6 is 7.26 Å². The molecule has 1 atom stereocenters. The van der Waals surface area contributed by atoms with Crippen molar-refractivity contribution >= 4 is 23.2 Å². The average molecular weight is 558 g/mol. The first-order chi connectivity index (χ1) is 16.8. The van der Waals surface area contributed by atoms with Crippen LogP contribution in [0.1, 0.15) is 69.8 Å². The lowest BCUT2D eigenvalue weighted by Gasteiger charge is -2.42. The zero-order chi connectivity index (χ0) is 24.7. The molecule has 4 aromatic rings. The molecule has 0 fully saturated rings. The van der Waals surface area contributed by atoms with Crippen LogP contribution < -0.4 is 32.9 Å². The van der Waals surface area contributed by atoms with Crippen LogP contribution in [0.25, 0.3) is 0 Å². The Balaban J connectivity index is 0.00000304. The van der Waals surface area contributed by atoms with Gasteiger partial charge in [0.25, 0.3) is 0 Å². The van der Waals surface area contributed by atoms with Gasteiger partial charge in [-0.3, -0.25) is 0 Å². The van der Waals surface area contributed by atoms with Crippen molar-refractivity contribution < 1.29 is 17.0 Å². The maximum absolute atomic E-state index is 2.57. The SMILES string of the molecule is CC(c1ccc2c(c1)C(C)(C)CCC2(C)C)[P+](c1ccccc1)(c1ccccc1)c1ccccc1.[Br-]. The highest BCUT2D eigenvalue weighted by molar-refractivity contribution is 7.95. The molecule has 4 aromatic carbocycles. The smallest absolute Gasteiger partial charge is 0.119 e. The van der Waals surface area contributed by atoms with Gasteiger partial charge in [0.1, 0.15) is 28.8 Å². The number of rotatable bonds is 5. The lowest BCUT2D eigenvalue weighted by Crippen LogP contribution is -3.00. The number of benzene rings is 4. The van der Waals surface area contributed by atoms with Crippen LogP contribution in [0.15, 0.2) is 109 Å². The Morgan fingerprint density at radius 3 is 1.36 bits per heavy atom. The van der Waals surface area contributed by atoms with Crippen LogP contribution in [-0.2, 0) is 10.8 Å². The Morgan fingerprint density at radius 2 is 0.944 bits per heavy atom. The minimum atomic E-state index is -1.98. The lowest BCUT2D eigenvalue weighted by atomic mass is 9.63. The molecule has 0 amide bonds. The minimum Gasteiger partial charge on any atom is -1.00 e. The number of fused-ring (bicyclic) bond motifs is 1. The van der Waals surface area contributed by atoms with Crippen molar-refractivity contribution in [2.45, 2.75) is 63.9 Å². The maximum Gasteiger partial charge on any atom is 0.119 e. The molecule has 0 aromatic heterocycles. The molecule has 0 saturated heterocycles. The lowest BCUT2D eigenvalue weighted by molar-refractivity contribution is -0.00000747. The summed E-state index contributed by atoms with van der Waals surface area (Å²) in [5.41, 5.74) is 5.32. The van der Waals surface area contributed by atoms with Crippen molar-refractivity contribution in [2.24, 2.45) is 0 Å². The van der Waals surface area contributed by atoms with E-state index in [1.54, 1.807) is 5.56 Å². The van der Waals surface area contributed by atoms with Crippen LogP contribution in [0.4, 0.5) is 0 Å². The normalized spacial score (nSPS) is 16.9. The Morgan fingerprint density at radius 1 is 0.556 bits per heavy atom. The van der Waals surface area contributed by atoms with Gasteiger partial charge in [-0.15, -0.1) is 0 Å². The maximum atomic E-state index is 2.57. The fraction of sp³-hybridized carbons (Fsp3) is 0.294. The Hall–Kier alpha value is -2.21. The molecule has 0 nitrogen and oxygen atoms in total. The van der Waals surface area contributed by atoms with Gasteiger partial charge >= 0.3 is 0 Å². The van der Waals surface area contributed by atoms with Crippen molar-refractivity contribution in [1.82, 2.24) is 0 Å². The molecular formula is C34H38BrP. The summed E-state index contributed by atoms with van der Waals surface area (Å²) in [6, 6.07) is 41.3. The molecule has 186 valence electrons. The average Bonchev–Trinajstić information content (AvgIpc) is 2.89. The van der Waals surface area contributed by atoms with Gasteiger partial charge in [-0.05, 0) is 83.7 Å². The predicted molar refractivity (Wildman–Crippen MR) is 155 cm³/mol. The second-order valence-electron chi connectivity index (χ2n) is 11.5. The third-order valence-corrected chi connectivity index (χ3v) is 13.2. The molecule has 0 spiro atoms. The third kappa shape index (κ3) is 4.51. The van der Waals surface area contributed by atoms with Gasteiger partial charge in [-0.2, -0.15) is 0 Å². The molecule has 0 radical (unpaired) electrons. The molecule has 0 saturated carbocycles. The summed E-state index contributed by atoms with van der Waals surface area (Å²) in [6.07, 6.45) is 2.48. The monoisotopic (exact) mass is 556 g/mol. The van der Waals surface area contributed by atoms with Gasteiger partial charge in [0.15, 0.2) is 0 Å².